The third-order valence-electron chi connectivity index (χ3n) is 7.72. The van der Waals surface area contributed by atoms with Gasteiger partial charge >= 0.3 is 12.1 Å². The molecular formula is C33H46N6O8. The zero-order chi connectivity index (χ0) is 34.0. The molecule has 2 aromatic rings. The van der Waals surface area contributed by atoms with Gasteiger partial charge in [0.15, 0.2) is 5.82 Å². The number of ether oxygens (including phenoxy) is 2. The fourth-order valence-electron chi connectivity index (χ4n) is 5.40. The van der Waals surface area contributed by atoms with Crippen molar-refractivity contribution in [2.75, 3.05) is 38.1 Å². The number of rotatable bonds is 11. The van der Waals surface area contributed by atoms with Crippen molar-refractivity contribution in [2.24, 2.45) is 0 Å². The van der Waals surface area contributed by atoms with E-state index in [0.717, 1.165) is 12.8 Å². The fourth-order valence-corrected chi connectivity index (χ4v) is 5.40. The monoisotopic (exact) mass is 654 g/mol. The fraction of sp³-hybridized carbons (Fsp3) is 0.576. The lowest BCUT2D eigenvalue weighted by Gasteiger charge is -2.35. The third-order valence-corrected chi connectivity index (χ3v) is 7.72. The number of hydroxylamine groups is 2. The molecule has 1 aromatic heterocycles. The molecule has 1 saturated carbocycles. The average Bonchev–Trinajstić information content (AvgIpc) is 3.03. The Morgan fingerprint density at radius 2 is 1.68 bits per heavy atom. The van der Waals surface area contributed by atoms with Gasteiger partial charge in [-0.3, -0.25) is 14.4 Å². The Morgan fingerprint density at radius 1 is 1.00 bits per heavy atom. The highest BCUT2D eigenvalue weighted by Gasteiger charge is 2.32. The summed E-state index contributed by atoms with van der Waals surface area (Å²) in [7, 11) is 0. The second-order valence-electron chi connectivity index (χ2n) is 12.7. The maximum atomic E-state index is 13.8. The van der Waals surface area contributed by atoms with Crippen LogP contribution in [0.15, 0.2) is 36.4 Å². The standard InChI is InChI=1S/C33H46N6O8/c1-5-45-32(44)47-39-19-17-38(18-20-39)31(43)25(15-16-28(41)46-33(2,3)4)36-30(42)26-21-27(34-23-11-13-24(40)14-12-23)37-29(35-26)22-9-7-6-8-10-22/h6-10,21,23-25,40H,5,11-20H2,1-4H3,(H,36,42)(H,34,35,37)/t23-,24-,25-/m0/s1. The number of anilines is 1. The molecule has 4 rings (SSSR count). The number of aliphatic hydroxyl groups excluding tert-OH is 1. The van der Waals surface area contributed by atoms with Gasteiger partial charge in [-0.2, -0.15) is 0 Å². The van der Waals surface area contributed by atoms with Crippen molar-refractivity contribution in [2.45, 2.75) is 90.0 Å². The van der Waals surface area contributed by atoms with Gasteiger partial charge in [0.1, 0.15) is 23.2 Å². The predicted molar refractivity (Wildman–Crippen MR) is 172 cm³/mol. The van der Waals surface area contributed by atoms with Crippen LogP contribution in [-0.2, 0) is 23.9 Å². The molecule has 2 aliphatic rings. The van der Waals surface area contributed by atoms with Crippen LogP contribution in [0, 0.1) is 0 Å². The summed E-state index contributed by atoms with van der Waals surface area (Å²) in [5.41, 5.74) is 0.0635. The SMILES string of the molecule is CCOC(=O)ON1CCN(C(=O)[C@H](CCC(=O)OC(C)(C)C)NC(=O)c2cc(N[C@H]3CC[C@H](O)CC3)nc(-c3ccccc3)n2)CC1. The molecule has 0 spiro atoms. The minimum absolute atomic E-state index is 0.00512. The Bertz CT molecular complexity index is 1370. The molecule has 0 unspecified atom stereocenters. The first-order valence-corrected chi connectivity index (χ1v) is 16.2. The zero-order valence-corrected chi connectivity index (χ0v) is 27.6. The first kappa shape index (κ1) is 35.6. The summed E-state index contributed by atoms with van der Waals surface area (Å²) >= 11 is 0. The van der Waals surface area contributed by atoms with Crippen LogP contribution >= 0.6 is 0 Å². The molecule has 0 radical (unpaired) electrons. The molecule has 2 fully saturated rings. The minimum Gasteiger partial charge on any atom is -0.460 e. The number of esters is 1. The number of aromatic nitrogens is 2. The van der Waals surface area contributed by atoms with Crippen LogP contribution in [0.3, 0.4) is 0 Å². The van der Waals surface area contributed by atoms with Crippen LogP contribution in [0.25, 0.3) is 11.4 Å². The van der Waals surface area contributed by atoms with Crippen LogP contribution in [-0.4, -0.2) is 106 Å². The Balaban J connectivity index is 1.53. The molecule has 14 nitrogen and oxygen atoms in total. The van der Waals surface area contributed by atoms with Gasteiger partial charge in [-0.15, -0.1) is 5.06 Å². The van der Waals surface area contributed by atoms with Gasteiger partial charge in [-0.1, -0.05) is 30.3 Å². The summed E-state index contributed by atoms with van der Waals surface area (Å²) in [5.74, 6) is -0.673. The van der Waals surface area contributed by atoms with Crippen LogP contribution in [0.2, 0.25) is 0 Å². The van der Waals surface area contributed by atoms with Crippen molar-refractivity contribution in [1.82, 2.24) is 25.2 Å². The van der Waals surface area contributed by atoms with E-state index in [2.05, 4.69) is 20.6 Å². The molecule has 3 N–H and O–H groups in total. The van der Waals surface area contributed by atoms with Crippen molar-refractivity contribution in [3.8, 4) is 11.4 Å². The summed E-state index contributed by atoms with van der Waals surface area (Å²) in [6, 6.07) is 9.82. The molecule has 1 saturated heterocycles. The van der Waals surface area contributed by atoms with Gasteiger partial charge in [-0.25, -0.2) is 14.8 Å². The summed E-state index contributed by atoms with van der Waals surface area (Å²) in [6.45, 7) is 8.08. The van der Waals surface area contributed by atoms with Crippen molar-refractivity contribution >= 4 is 29.8 Å². The zero-order valence-electron chi connectivity index (χ0n) is 27.6. The third kappa shape index (κ3) is 11.2. The van der Waals surface area contributed by atoms with E-state index in [1.54, 1.807) is 38.7 Å². The van der Waals surface area contributed by atoms with Crippen molar-refractivity contribution in [3.05, 3.63) is 42.1 Å². The van der Waals surface area contributed by atoms with E-state index < -0.39 is 29.7 Å². The largest absolute Gasteiger partial charge is 0.527 e. The van der Waals surface area contributed by atoms with Crippen LogP contribution in [0.4, 0.5) is 10.6 Å². The summed E-state index contributed by atoms with van der Waals surface area (Å²) in [5, 5.41) is 17.6. The molecule has 256 valence electrons. The highest BCUT2D eigenvalue weighted by molar-refractivity contribution is 5.97. The van der Waals surface area contributed by atoms with Crippen LogP contribution in [0.1, 0.15) is 76.7 Å². The number of amides is 2. The topological polar surface area (TPSA) is 173 Å². The number of piperazine rings is 1. The van der Waals surface area contributed by atoms with E-state index in [0.29, 0.717) is 30.0 Å². The maximum absolute atomic E-state index is 13.8. The molecule has 0 bridgehead atoms. The van der Waals surface area contributed by atoms with E-state index in [1.165, 1.54) is 5.06 Å². The van der Waals surface area contributed by atoms with E-state index in [1.807, 2.05) is 30.3 Å². The number of hydrogen-bond acceptors (Lipinski definition) is 12. The van der Waals surface area contributed by atoms with Gasteiger partial charge in [0, 0.05) is 37.2 Å². The van der Waals surface area contributed by atoms with Gasteiger partial charge in [0.05, 0.1) is 25.8 Å². The molecule has 1 atom stereocenters. The maximum Gasteiger partial charge on any atom is 0.527 e. The first-order chi connectivity index (χ1) is 22.4. The van der Waals surface area contributed by atoms with E-state index >= 15 is 0 Å². The number of benzene rings is 1. The van der Waals surface area contributed by atoms with Crippen LogP contribution in [0.5, 0.6) is 0 Å². The lowest BCUT2D eigenvalue weighted by atomic mass is 9.93. The molecule has 1 aliphatic carbocycles. The summed E-state index contributed by atoms with van der Waals surface area (Å²) in [4.78, 5) is 67.8. The lowest BCUT2D eigenvalue weighted by molar-refractivity contribution is -0.158. The lowest BCUT2D eigenvalue weighted by Crippen LogP contribution is -2.55. The number of nitrogens with one attached hydrogen (secondary N) is 2. The number of nitrogens with zero attached hydrogens (tertiary/aromatic N) is 4. The number of carbonyl (C=O) groups excluding carboxylic acids is 4. The van der Waals surface area contributed by atoms with Gasteiger partial charge in [0.25, 0.3) is 5.91 Å². The highest BCUT2D eigenvalue weighted by atomic mass is 16.8. The Hall–Kier alpha value is -4.30. The smallest absolute Gasteiger partial charge is 0.460 e. The number of aliphatic hydroxyl groups is 1. The van der Waals surface area contributed by atoms with E-state index in [9.17, 15) is 24.3 Å². The Morgan fingerprint density at radius 3 is 2.32 bits per heavy atom. The van der Waals surface area contributed by atoms with E-state index in [4.69, 9.17) is 14.3 Å². The quantitative estimate of drug-likeness (QED) is 0.302. The Kier molecular flexibility index (Phi) is 12.5. The second-order valence-corrected chi connectivity index (χ2v) is 12.7. The van der Waals surface area contributed by atoms with Crippen molar-refractivity contribution in [1.29, 1.82) is 0 Å². The summed E-state index contributed by atoms with van der Waals surface area (Å²) < 4.78 is 10.3. The molecule has 14 heteroatoms. The van der Waals surface area contributed by atoms with E-state index in [-0.39, 0.29) is 69.4 Å². The average molecular weight is 655 g/mol. The molecule has 1 aromatic carbocycles. The minimum atomic E-state index is -1.06. The molecular weight excluding hydrogens is 608 g/mol. The van der Waals surface area contributed by atoms with Crippen molar-refractivity contribution in [3.63, 3.8) is 0 Å². The molecule has 47 heavy (non-hydrogen) atoms. The number of carbonyl (C=O) groups is 4. The predicted octanol–water partition coefficient (Wildman–Crippen LogP) is 3.31. The van der Waals surface area contributed by atoms with Gasteiger partial charge < -0.3 is 35.0 Å². The van der Waals surface area contributed by atoms with Gasteiger partial charge in [-0.05, 0) is 59.8 Å². The van der Waals surface area contributed by atoms with Crippen LogP contribution < -0.4 is 10.6 Å². The second kappa shape index (κ2) is 16.5. The first-order valence-electron chi connectivity index (χ1n) is 16.2. The van der Waals surface area contributed by atoms with Gasteiger partial charge in [0.2, 0.25) is 5.91 Å². The Labute approximate surface area is 275 Å². The molecule has 2 heterocycles. The summed E-state index contributed by atoms with van der Waals surface area (Å²) in [6.07, 6.45) is 1.63. The normalized spacial score (nSPS) is 19.3. The molecule has 1 aliphatic heterocycles. The molecule has 2 amide bonds. The number of hydrogen-bond donors (Lipinski definition) is 3. The van der Waals surface area contributed by atoms with Crippen molar-refractivity contribution < 1.29 is 38.6 Å². The highest BCUT2D eigenvalue weighted by Crippen LogP contribution is 2.24.